The molecule has 0 bridgehead atoms. The van der Waals surface area contributed by atoms with E-state index in [0.717, 1.165) is 21.6 Å². The van der Waals surface area contributed by atoms with Crippen molar-refractivity contribution in [3.8, 4) is 0 Å². The van der Waals surface area contributed by atoms with Crippen molar-refractivity contribution in [1.82, 2.24) is 20.5 Å². The van der Waals surface area contributed by atoms with Crippen LogP contribution in [0.4, 0.5) is 10.6 Å². The number of anilines is 1. The van der Waals surface area contributed by atoms with Gasteiger partial charge in [-0.1, -0.05) is 46.2 Å². The number of carbonyl (C=O) groups is 2. The number of aliphatic hydroxyl groups is 1. The number of alkyl carbamates (subject to hydrolysis) is 1. The van der Waals surface area contributed by atoms with Crippen LogP contribution in [0.25, 0.3) is 10.2 Å². The summed E-state index contributed by atoms with van der Waals surface area (Å²) in [5, 5.41) is 23.2. The number of thiazole rings is 1. The van der Waals surface area contributed by atoms with Crippen LogP contribution in [0.3, 0.4) is 0 Å². The molecule has 0 radical (unpaired) electrons. The first-order valence-corrected chi connectivity index (χ1v) is 11.8. The van der Waals surface area contributed by atoms with Gasteiger partial charge in [0.25, 0.3) is 5.91 Å². The number of benzene rings is 1. The smallest absolute Gasteiger partial charge is 0.408 e. The minimum absolute atomic E-state index is 0.345. The third-order valence-electron chi connectivity index (χ3n) is 5.17. The van der Waals surface area contributed by atoms with Crippen molar-refractivity contribution in [2.45, 2.75) is 65.2 Å². The maximum absolute atomic E-state index is 12.9. The van der Waals surface area contributed by atoms with Gasteiger partial charge in [0.05, 0.1) is 22.5 Å². The lowest BCUT2D eigenvalue weighted by molar-refractivity contribution is -0.130. The summed E-state index contributed by atoms with van der Waals surface area (Å²) in [5.41, 5.74) is 0.524. The fourth-order valence-corrected chi connectivity index (χ4v) is 4.60. The van der Waals surface area contributed by atoms with Crippen molar-refractivity contribution in [1.29, 1.82) is 0 Å². The molecule has 9 nitrogen and oxygen atoms in total. The van der Waals surface area contributed by atoms with Crippen molar-refractivity contribution in [2.24, 2.45) is 5.41 Å². The number of ether oxygens (including phenoxy) is 1. The number of aromatic amines is 1. The molecule has 2 heterocycles. The lowest BCUT2D eigenvalue weighted by atomic mass is 9.87. The van der Waals surface area contributed by atoms with E-state index in [1.807, 2.05) is 52.0 Å². The Hall–Kier alpha value is -2.98. The van der Waals surface area contributed by atoms with Crippen LogP contribution in [0.5, 0.6) is 0 Å². The predicted octanol–water partition coefficient (Wildman–Crippen LogP) is 4.39. The zero-order chi connectivity index (χ0) is 24.0. The van der Waals surface area contributed by atoms with Crippen LogP contribution in [0.2, 0.25) is 0 Å². The third-order valence-corrected chi connectivity index (χ3v) is 6.27. The number of hydrogen-bond acceptors (Lipinski definition) is 7. The predicted molar refractivity (Wildman–Crippen MR) is 128 cm³/mol. The molecular formula is C23H31N5O4S. The van der Waals surface area contributed by atoms with Crippen LogP contribution in [0.1, 0.15) is 58.0 Å². The summed E-state index contributed by atoms with van der Waals surface area (Å²) in [6.45, 7) is 8.00. The number of fused-ring (bicyclic) bond motifs is 1. The molecule has 33 heavy (non-hydrogen) atoms. The van der Waals surface area contributed by atoms with Crippen molar-refractivity contribution in [2.75, 3.05) is 5.32 Å². The standard InChI is InChI=1S/C23H31N5O4S/c1-5-6-10-15(18(29)20(30)26-17-12-13-24-28-17)32-22(31)27-19(23(2,3)4)21-25-14-9-7-8-11-16(14)33-21/h7-9,11-13,15,18-19,29H,5-6,10H2,1-4H3,(H,27,31)(H2,24,26,28,30)/t15-,18+,19+/m0/s1. The van der Waals surface area contributed by atoms with Gasteiger partial charge in [0.2, 0.25) is 0 Å². The van der Waals surface area contributed by atoms with Gasteiger partial charge in [-0.3, -0.25) is 9.89 Å². The lowest BCUT2D eigenvalue weighted by Gasteiger charge is -2.30. The highest BCUT2D eigenvalue weighted by Gasteiger charge is 2.34. The Morgan fingerprint density at radius 2 is 2.00 bits per heavy atom. The number of nitrogens with one attached hydrogen (secondary N) is 3. The monoisotopic (exact) mass is 473 g/mol. The molecule has 0 aliphatic carbocycles. The highest BCUT2D eigenvalue weighted by Crippen LogP contribution is 2.37. The summed E-state index contributed by atoms with van der Waals surface area (Å²) >= 11 is 1.52. The van der Waals surface area contributed by atoms with E-state index in [1.165, 1.54) is 17.5 Å². The molecule has 0 saturated heterocycles. The Labute approximate surface area is 197 Å². The van der Waals surface area contributed by atoms with Gasteiger partial charge in [0.15, 0.2) is 6.10 Å². The quantitative estimate of drug-likeness (QED) is 0.365. The van der Waals surface area contributed by atoms with Gasteiger partial charge in [-0.2, -0.15) is 5.10 Å². The molecule has 2 aromatic heterocycles. The van der Waals surface area contributed by atoms with Gasteiger partial charge in [0, 0.05) is 6.07 Å². The maximum atomic E-state index is 12.9. The lowest BCUT2D eigenvalue weighted by Crippen LogP contribution is -2.44. The molecule has 0 unspecified atom stereocenters. The number of rotatable bonds is 9. The molecule has 4 N–H and O–H groups in total. The second kappa shape index (κ2) is 10.8. The summed E-state index contributed by atoms with van der Waals surface area (Å²) in [5.74, 6) is -0.326. The van der Waals surface area contributed by atoms with E-state index in [-0.39, 0.29) is 5.41 Å². The Balaban J connectivity index is 1.73. The van der Waals surface area contributed by atoms with E-state index < -0.39 is 30.3 Å². The Bertz CT molecular complexity index is 1030. The summed E-state index contributed by atoms with van der Waals surface area (Å²) in [6.07, 6.45) is 0.117. The number of nitrogens with zero attached hydrogens (tertiary/aromatic N) is 2. The molecule has 2 amide bonds. The number of para-hydroxylation sites is 1. The molecule has 0 saturated carbocycles. The third kappa shape index (κ3) is 6.52. The molecule has 0 spiro atoms. The van der Waals surface area contributed by atoms with Gasteiger partial charge in [-0.15, -0.1) is 11.3 Å². The number of aliphatic hydroxyl groups excluding tert-OH is 1. The van der Waals surface area contributed by atoms with E-state index >= 15 is 0 Å². The highest BCUT2D eigenvalue weighted by atomic mass is 32.1. The molecule has 3 rings (SSSR count). The molecule has 0 fully saturated rings. The van der Waals surface area contributed by atoms with Crippen molar-refractivity contribution in [3.05, 3.63) is 41.5 Å². The minimum atomic E-state index is -1.53. The molecule has 1 aromatic carbocycles. The van der Waals surface area contributed by atoms with Gasteiger partial charge in [0.1, 0.15) is 16.9 Å². The summed E-state index contributed by atoms with van der Waals surface area (Å²) in [4.78, 5) is 30.1. The molecular weight excluding hydrogens is 442 g/mol. The first-order valence-electron chi connectivity index (χ1n) is 11.0. The number of carbonyl (C=O) groups excluding carboxylic acids is 2. The highest BCUT2D eigenvalue weighted by molar-refractivity contribution is 7.18. The number of aromatic nitrogens is 3. The van der Waals surface area contributed by atoms with Crippen LogP contribution in [0.15, 0.2) is 36.5 Å². The largest absolute Gasteiger partial charge is 0.443 e. The first-order chi connectivity index (χ1) is 15.7. The summed E-state index contributed by atoms with van der Waals surface area (Å²) in [7, 11) is 0. The number of hydrogen-bond donors (Lipinski definition) is 4. The molecule has 0 aliphatic rings. The summed E-state index contributed by atoms with van der Waals surface area (Å²) in [6, 6.07) is 8.95. The molecule has 3 atom stereocenters. The summed E-state index contributed by atoms with van der Waals surface area (Å²) < 4.78 is 6.60. The Morgan fingerprint density at radius 3 is 2.64 bits per heavy atom. The average Bonchev–Trinajstić information content (AvgIpc) is 3.43. The second-order valence-corrected chi connectivity index (χ2v) is 10.0. The van der Waals surface area contributed by atoms with Crippen LogP contribution < -0.4 is 10.6 Å². The van der Waals surface area contributed by atoms with E-state index in [9.17, 15) is 14.7 Å². The van der Waals surface area contributed by atoms with Crippen LogP contribution in [-0.2, 0) is 9.53 Å². The van der Waals surface area contributed by atoms with E-state index in [0.29, 0.717) is 18.7 Å². The zero-order valence-electron chi connectivity index (χ0n) is 19.3. The molecule has 0 aliphatic heterocycles. The van der Waals surface area contributed by atoms with E-state index in [2.05, 4.69) is 20.8 Å². The zero-order valence-corrected chi connectivity index (χ0v) is 20.1. The second-order valence-electron chi connectivity index (χ2n) is 8.95. The molecule has 178 valence electrons. The van der Waals surface area contributed by atoms with Gasteiger partial charge < -0.3 is 20.5 Å². The normalized spacial score (nSPS) is 14.5. The number of amides is 2. The van der Waals surface area contributed by atoms with Gasteiger partial charge in [-0.05, 0) is 30.4 Å². The Kier molecular flexibility index (Phi) is 8.04. The fourth-order valence-electron chi connectivity index (χ4n) is 3.34. The SMILES string of the molecule is CCCC[C@H](OC(=O)N[C@H](c1nc2ccccc2s1)C(C)(C)C)[C@@H](O)C(=O)Nc1ccn[nH]1. The van der Waals surface area contributed by atoms with E-state index in [1.54, 1.807) is 6.07 Å². The van der Waals surface area contributed by atoms with Gasteiger partial charge in [-0.25, -0.2) is 9.78 Å². The van der Waals surface area contributed by atoms with Crippen molar-refractivity contribution < 1.29 is 19.4 Å². The fraction of sp³-hybridized carbons (Fsp3) is 0.478. The van der Waals surface area contributed by atoms with Crippen molar-refractivity contribution in [3.63, 3.8) is 0 Å². The average molecular weight is 474 g/mol. The maximum Gasteiger partial charge on any atom is 0.408 e. The molecule has 3 aromatic rings. The Morgan fingerprint density at radius 1 is 1.24 bits per heavy atom. The number of H-pyrrole nitrogens is 1. The first kappa shape index (κ1) is 24.7. The number of unbranched alkanes of at least 4 members (excludes halogenated alkanes) is 1. The van der Waals surface area contributed by atoms with Crippen LogP contribution >= 0.6 is 11.3 Å². The van der Waals surface area contributed by atoms with Crippen molar-refractivity contribution >= 4 is 39.4 Å². The minimum Gasteiger partial charge on any atom is -0.443 e. The van der Waals surface area contributed by atoms with E-state index in [4.69, 9.17) is 9.72 Å². The molecule has 10 heteroatoms. The topological polar surface area (TPSA) is 129 Å². The van der Waals surface area contributed by atoms with Crippen LogP contribution in [0, 0.1) is 5.41 Å². The van der Waals surface area contributed by atoms with Crippen LogP contribution in [-0.4, -0.2) is 44.5 Å². The van der Waals surface area contributed by atoms with Gasteiger partial charge >= 0.3 is 6.09 Å².